The molecule has 1 atom stereocenters. The summed E-state index contributed by atoms with van der Waals surface area (Å²) < 4.78 is 1.96. The molecule has 4 nitrogen and oxygen atoms in total. The highest BCUT2D eigenvalue weighted by Crippen LogP contribution is 2.19. The molecule has 2 aromatic rings. The molecule has 4 heteroatoms. The van der Waals surface area contributed by atoms with Crippen molar-refractivity contribution in [3.05, 3.63) is 54.4 Å². The van der Waals surface area contributed by atoms with Crippen molar-refractivity contribution >= 4 is 0 Å². The average Bonchev–Trinajstić information content (AvgIpc) is 3.05. The zero-order chi connectivity index (χ0) is 14.9. The third-order valence-electron chi connectivity index (χ3n) is 3.85. The number of rotatable bonds is 9. The van der Waals surface area contributed by atoms with Crippen molar-refractivity contribution in [1.82, 2.24) is 20.0 Å². The van der Waals surface area contributed by atoms with Crippen molar-refractivity contribution in [3.63, 3.8) is 0 Å². The summed E-state index contributed by atoms with van der Waals surface area (Å²) in [4.78, 5) is 2.50. The molecule has 0 amide bonds. The lowest BCUT2D eigenvalue weighted by atomic mass is 10.1. The highest BCUT2D eigenvalue weighted by atomic mass is 15.3. The first-order chi connectivity index (χ1) is 10.3. The van der Waals surface area contributed by atoms with Gasteiger partial charge >= 0.3 is 0 Å². The third-order valence-corrected chi connectivity index (χ3v) is 3.85. The minimum atomic E-state index is 0.429. The van der Waals surface area contributed by atoms with E-state index in [9.17, 15) is 0 Å². The number of likely N-dealkylation sites (N-methyl/N-ethyl adjacent to an activating group) is 1. The van der Waals surface area contributed by atoms with E-state index in [1.54, 1.807) is 0 Å². The lowest BCUT2D eigenvalue weighted by Gasteiger charge is -2.30. The Kier molecular flexibility index (Phi) is 6.44. The van der Waals surface area contributed by atoms with Crippen LogP contribution < -0.4 is 5.32 Å². The van der Waals surface area contributed by atoms with Crippen molar-refractivity contribution in [2.45, 2.75) is 26.4 Å². The van der Waals surface area contributed by atoms with Crippen molar-refractivity contribution in [2.24, 2.45) is 0 Å². The molecule has 0 aliphatic heterocycles. The van der Waals surface area contributed by atoms with Gasteiger partial charge in [0.2, 0.25) is 0 Å². The van der Waals surface area contributed by atoms with Gasteiger partial charge in [0.1, 0.15) is 0 Å². The van der Waals surface area contributed by atoms with Crippen LogP contribution in [0.25, 0.3) is 0 Å². The largest absolute Gasteiger partial charge is 0.313 e. The Hall–Kier alpha value is -1.65. The smallest absolute Gasteiger partial charge is 0.0533 e. The second-order valence-corrected chi connectivity index (χ2v) is 5.12. The maximum atomic E-state index is 4.22. The molecule has 21 heavy (non-hydrogen) atoms. The number of hydrogen-bond donors (Lipinski definition) is 1. The fourth-order valence-corrected chi connectivity index (χ4v) is 2.66. The lowest BCUT2D eigenvalue weighted by molar-refractivity contribution is 0.213. The molecule has 1 N–H and O–H groups in total. The number of nitrogens with zero attached hydrogens (tertiary/aromatic N) is 3. The van der Waals surface area contributed by atoms with Crippen LogP contribution >= 0.6 is 0 Å². The fraction of sp³-hybridized carbons (Fsp3) is 0.471. The molecular weight excluding hydrogens is 260 g/mol. The van der Waals surface area contributed by atoms with Crippen LogP contribution in [0.15, 0.2) is 48.8 Å². The molecule has 0 aliphatic rings. The molecule has 0 fully saturated rings. The van der Waals surface area contributed by atoms with Crippen molar-refractivity contribution < 1.29 is 0 Å². The van der Waals surface area contributed by atoms with Crippen LogP contribution in [0.2, 0.25) is 0 Å². The highest BCUT2D eigenvalue weighted by molar-refractivity contribution is 5.19. The van der Waals surface area contributed by atoms with Gasteiger partial charge in [0, 0.05) is 31.5 Å². The van der Waals surface area contributed by atoms with Crippen LogP contribution in [0.3, 0.4) is 0 Å². The van der Waals surface area contributed by atoms with Crippen molar-refractivity contribution in [2.75, 3.05) is 26.2 Å². The first-order valence-corrected chi connectivity index (χ1v) is 7.82. The zero-order valence-corrected chi connectivity index (χ0v) is 13.1. The Balaban J connectivity index is 1.90. The summed E-state index contributed by atoms with van der Waals surface area (Å²) in [5, 5.41) is 7.79. The summed E-state index contributed by atoms with van der Waals surface area (Å²) in [5.74, 6) is 0. The van der Waals surface area contributed by atoms with Crippen molar-refractivity contribution in [1.29, 1.82) is 0 Å². The third kappa shape index (κ3) is 4.69. The van der Waals surface area contributed by atoms with Gasteiger partial charge in [0.25, 0.3) is 0 Å². The van der Waals surface area contributed by atoms with E-state index in [0.29, 0.717) is 6.04 Å². The maximum Gasteiger partial charge on any atom is 0.0533 e. The lowest BCUT2D eigenvalue weighted by Crippen LogP contribution is -2.36. The monoisotopic (exact) mass is 286 g/mol. The van der Waals surface area contributed by atoms with Gasteiger partial charge < -0.3 is 5.32 Å². The number of nitrogens with one attached hydrogen (secondary N) is 1. The molecule has 0 saturated heterocycles. The highest BCUT2D eigenvalue weighted by Gasteiger charge is 2.16. The first-order valence-electron chi connectivity index (χ1n) is 7.82. The van der Waals surface area contributed by atoms with E-state index < -0.39 is 0 Å². The molecule has 114 valence electrons. The van der Waals surface area contributed by atoms with Gasteiger partial charge in [-0.25, -0.2) is 0 Å². The minimum absolute atomic E-state index is 0.429. The van der Waals surface area contributed by atoms with Gasteiger partial charge in [-0.15, -0.1) is 0 Å². The Morgan fingerprint density at radius 2 is 1.90 bits per heavy atom. The summed E-state index contributed by atoms with van der Waals surface area (Å²) in [6.07, 6.45) is 3.82. The number of benzene rings is 1. The van der Waals surface area contributed by atoms with E-state index >= 15 is 0 Å². The topological polar surface area (TPSA) is 33.1 Å². The molecule has 1 aromatic carbocycles. The Bertz CT molecular complexity index is 477. The van der Waals surface area contributed by atoms with Crippen LogP contribution in [0.5, 0.6) is 0 Å². The molecule has 1 heterocycles. The van der Waals surface area contributed by atoms with E-state index in [1.165, 1.54) is 5.56 Å². The molecule has 0 radical (unpaired) electrons. The Labute approximate surface area is 127 Å². The fourth-order valence-electron chi connectivity index (χ4n) is 2.66. The molecule has 0 saturated carbocycles. The second kappa shape index (κ2) is 8.60. The number of hydrogen-bond acceptors (Lipinski definition) is 3. The predicted octanol–water partition coefficient (Wildman–Crippen LogP) is 2.56. The van der Waals surface area contributed by atoms with Gasteiger partial charge in [0.15, 0.2) is 0 Å². The van der Waals surface area contributed by atoms with E-state index in [-0.39, 0.29) is 0 Å². The molecule has 1 unspecified atom stereocenters. The molecule has 0 bridgehead atoms. The van der Waals surface area contributed by atoms with E-state index in [1.807, 2.05) is 23.1 Å². The average molecular weight is 286 g/mol. The maximum absolute atomic E-state index is 4.22. The normalized spacial score (nSPS) is 12.7. The summed E-state index contributed by atoms with van der Waals surface area (Å²) in [6, 6.07) is 13.1. The van der Waals surface area contributed by atoms with Gasteiger partial charge in [-0.1, -0.05) is 44.2 Å². The SMILES string of the molecule is CCN(CC)C(CNCCn1cccn1)c1ccccc1. The zero-order valence-electron chi connectivity index (χ0n) is 13.1. The molecule has 0 aliphatic carbocycles. The summed E-state index contributed by atoms with van der Waals surface area (Å²) in [6.45, 7) is 9.39. The summed E-state index contributed by atoms with van der Waals surface area (Å²) in [7, 11) is 0. The van der Waals surface area contributed by atoms with E-state index in [4.69, 9.17) is 0 Å². The Morgan fingerprint density at radius 3 is 2.52 bits per heavy atom. The van der Waals surface area contributed by atoms with Crippen LogP contribution in [0.4, 0.5) is 0 Å². The number of aromatic nitrogens is 2. The van der Waals surface area contributed by atoms with Gasteiger partial charge in [0.05, 0.1) is 6.54 Å². The quantitative estimate of drug-likeness (QED) is 0.719. The molecular formula is C17H26N4. The van der Waals surface area contributed by atoms with Gasteiger partial charge in [-0.05, 0) is 24.7 Å². The van der Waals surface area contributed by atoms with E-state index in [0.717, 1.165) is 32.7 Å². The summed E-state index contributed by atoms with van der Waals surface area (Å²) >= 11 is 0. The van der Waals surface area contributed by atoms with Crippen LogP contribution in [-0.2, 0) is 6.54 Å². The first kappa shape index (κ1) is 15.7. The van der Waals surface area contributed by atoms with Crippen LogP contribution in [0, 0.1) is 0 Å². The standard InChI is InChI=1S/C17H26N4/c1-3-20(4-2)17(16-9-6-5-7-10-16)15-18-12-14-21-13-8-11-19-21/h5-11,13,17-18H,3-4,12,14-15H2,1-2H3. The molecule has 0 spiro atoms. The van der Waals surface area contributed by atoms with E-state index in [2.05, 4.69) is 59.5 Å². The predicted molar refractivity (Wildman–Crippen MR) is 87.2 cm³/mol. The van der Waals surface area contributed by atoms with Crippen molar-refractivity contribution in [3.8, 4) is 0 Å². The summed E-state index contributed by atoms with van der Waals surface area (Å²) in [5.41, 5.74) is 1.38. The Morgan fingerprint density at radius 1 is 1.14 bits per heavy atom. The molecule has 2 rings (SSSR count). The molecule has 1 aromatic heterocycles. The van der Waals surface area contributed by atoms with Gasteiger partial charge in [-0.3, -0.25) is 9.58 Å². The minimum Gasteiger partial charge on any atom is -0.313 e. The van der Waals surface area contributed by atoms with Crippen LogP contribution in [0.1, 0.15) is 25.5 Å². The van der Waals surface area contributed by atoms with Crippen LogP contribution in [-0.4, -0.2) is 40.9 Å². The van der Waals surface area contributed by atoms with Gasteiger partial charge in [-0.2, -0.15) is 5.10 Å². The second-order valence-electron chi connectivity index (χ2n) is 5.12.